The molecule has 0 amide bonds. The van der Waals surface area contributed by atoms with Crippen LogP contribution in [0.15, 0.2) is 17.5 Å². The summed E-state index contributed by atoms with van der Waals surface area (Å²) < 4.78 is 0. The standard InChI is InChI=1S/C11H18N2S/c12-11-5-1-3-9(11)7-13-8-10-4-2-6-14-10/h2,4,6,9,11,13H,1,3,5,7-8,12H2. The third-order valence-electron chi connectivity index (χ3n) is 3.00. The molecule has 1 fully saturated rings. The van der Waals surface area contributed by atoms with Crippen LogP contribution < -0.4 is 11.1 Å². The van der Waals surface area contributed by atoms with Crippen LogP contribution in [0.3, 0.4) is 0 Å². The Balaban J connectivity index is 1.68. The minimum absolute atomic E-state index is 0.436. The van der Waals surface area contributed by atoms with E-state index in [2.05, 4.69) is 22.8 Å². The lowest BCUT2D eigenvalue weighted by Gasteiger charge is -2.15. The summed E-state index contributed by atoms with van der Waals surface area (Å²) in [6.45, 7) is 2.08. The second-order valence-corrected chi connectivity index (χ2v) is 5.10. The van der Waals surface area contributed by atoms with Gasteiger partial charge in [0.15, 0.2) is 0 Å². The van der Waals surface area contributed by atoms with Crippen molar-refractivity contribution in [2.75, 3.05) is 6.54 Å². The SMILES string of the molecule is NC1CCCC1CNCc1cccs1. The Morgan fingerprint density at radius 1 is 1.50 bits per heavy atom. The summed E-state index contributed by atoms with van der Waals surface area (Å²) in [4.78, 5) is 1.41. The van der Waals surface area contributed by atoms with Crippen molar-refractivity contribution in [3.63, 3.8) is 0 Å². The van der Waals surface area contributed by atoms with Crippen LogP contribution in [0.5, 0.6) is 0 Å². The summed E-state index contributed by atoms with van der Waals surface area (Å²) in [7, 11) is 0. The van der Waals surface area contributed by atoms with Gasteiger partial charge in [-0.3, -0.25) is 0 Å². The molecule has 14 heavy (non-hydrogen) atoms. The molecule has 3 heteroatoms. The van der Waals surface area contributed by atoms with E-state index in [1.165, 1.54) is 24.1 Å². The number of thiophene rings is 1. The molecule has 2 nitrogen and oxygen atoms in total. The van der Waals surface area contributed by atoms with E-state index in [4.69, 9.17) is 5.73 Å². The third-order valence-corrected chi connectivity index (χ3v) is 3.88. The van der Waals surface area contributed by atoms with Gasteiger partial charge in [-0.2, -0.15) is 0 Å². The van der Waals surface area contributed by atoms with Gasteiger partial charge >= 0.3 is 0 Å². The number of hydrogen-bond donors (Lipinski definition) is 2. The maximum absolute atomic E-state index is 6.00. The Labute approximate surface area is 89.5 Å². The average Bonchev–Trinajstić information content (AvgIpc) is 2.78. The lowest BCUT2D eigenvalue weighted by molar-refractivity contribution is 0.443. The van der Waals surface area contributed by atoms with Crippen molar-refractivity contribution in [3.05, 3.63) is 22.4 Å². The monoisotopic (exact) mass is 210 g/mol. The van der Waals surface area contributed by atoms with Gasteiger partial charge in [-0.25, -0.2) is 0 Å². The van der Waals surface area contributed by atoms with Crippen molar-refractivity contribution >= 4 is 11.3 Å². The van der Waals surface area contributed by atoms with E-state index in [1.807, 2.05) is 11.3 Å². The molecule has 1 aromatic rings. The molecule has 2 unspecified atom stereocenters. The van der Waals surface area contributed by atoms with Crippen molar-refractivity contribution in [3.8, 4) is 0 Å². The zero-order valence-corrected chi connectivity index (χ0v) is 9.22. The fraction of sp³-hybridized carbons (Fsp3) is 0.636. The van der Waals surface area contributed by atoms with Gasteiger partial charge in [0.1, 0.15) is 0 Å². The molecule has 0 spiro atoms. The predicted octanol–water partition coefficient (Wildman–Crippen LogP) is 1.97. The van der Waals surface area contributed by atoms with E-state index in [1.54, 1.807) is 0 Å². The van der Waals surface area contributed by atoms with Gasteiger partial charge < -0.3 is 11.1 Å². The molecule has 78 valence electrons. The quantitative estimate of drug-likeness (QED) is 0.797. The van der Waals surface area contributed by atoms with E-state index < -0.39 is 0 Å². The summed E-state index contributed by atoms with van der Waals surface area (Å²) in [5.41, 5.74) is 6.00. The van der Waals surface area contributed by atoms with E-state index in [9.17, 15) is 0 Å². The predicted molar refractivity (Wildman–Crippen MR) is 61.3 cm³/mol. The smallest absolute Gasteiger partial charge is 0.0299 e. The average molecular weight is 210 g/mol. The molecule has 2 rings (SSSR count). The summed E-state index contributed by atoms with van der Waals surface area (Å²) in [5.74, 6) is 0.704. The fourth-order valence-corrected chi connectivity index (χ4v) is 2.79. The minimum atomic E-state index is 0.436. The van der Waals surface area contributed by atoms with Crippen LogP contribution in [-0.4, -0.2) is 12.6 Å². The lowest BCUT2D eigenvalue weighted by Crippen LogP contribution is -2.32. The number of hydrogen-bond acceptors (Lipinski definition) is 3. The highest BCUT2D eigenvalue weighted by Crippen LogP contribution is 2.23. The molecular formula is C11H18N2S. The first-order valence-electron chi connectivity index (χ1n) is 5.35. The highest BCUT2D eigenvalue weighted by Gasteiger charge is 2.22. The molecule has 0 radical (unpaired) electrons. The van der Waals surface area contributed by atoms with Crippen LogP contribution in [-0.2, 0) is 6.54 Å². The van der Waals surface area contributed by atoms with Crippen LogP contribution in [0.4, 0.5) is 0 Å². The minimum Gasteiger partial charge on any atom is -0.327 e. The first kappa shape index (κ1) is 10.1. The van der Waals surface area contributed by atoms with Crippen molar-refractivity contribution in [2.45, 2.75) is 31.8 Å². The molecule has 1 aromatic heterocycles. The zero-order chi connectivity index (χ0) is 9.80. The molecular weight excluding hydrogens is 192 g/mol. The lowest BCUT2D eigenvalue weighted by atomic mass is 10.1. The highest BCUT2D eigenvalue weighted by molar-refractivity contribution is 7.09. The molecule has 0 saturated heterocycles. The topological polar surface area (TPSA) is 38.0 Å². The first-order chi connectivity index (χ1) is 6.86. The molecule has 0 aromatic carbocycles. The molecule has 0 aliphatic heterocycles. The van der Waals surface area contributed by atoms with Crippen molar-refractivity contribution < 1.29 is 0 Å². The summed E-state index contributed by atoms with van der Waals surface area (Å²) in [5, 5.41) is 5.61. The van der Waals surface area contributed by atoms with E-state index in [-0.39, 0.29) is 0 Å². The molecule has 3 N–H and O–H groups in total. The van der Waals surface area contributed by atoms with Crippen molar-refractivity contribution in [1.82, 2.24) is 5.32 Å². The maximum Gasteiger partial charge on any atom is 0.0299 e. The van der Waals surface area contributed by atoms with Gasteiger partial charge in [-0.05, 0) is 36.8 Å². The van der Waals surface area contributed by atoms with E-state index in [0.29, 0.717) is 12.0 Å². The molecule has 1 saturated carbocycles. The third kappa shape index (κ3) is 2.56. The Bertz CT molecular complexity index is 258. The van der Waals surface area contributed by atoms with Gasteiger partial charge in [-0.15, -0.1) is 11.3 Å². The van der Waals surface area contributed by atoms with Crippen LogP contribution >= 0.6 is 11.3 Å². The summed E-state index contributed by atoms with van der Waals surface area (Å²) in [6.07, 6.45) is 3.83. The van der Waals surface area contributed by atoms with Gasteiger partial charge in [-0.1, -0.05) is 12.5 Å². The fourth-order valence-electron chi connectivity index (χ4n) is 2.11. The van der Waals surface area contributed by atoms with Gasteiger partial charge in [0.25, 0.3) is 0 Å². The van der Waals surface area contributed by atoms with Crippen LogP contribution in [0, 0.1) is 5.92 Å². The number of nitrogens with two attached hydrogens (primary N) is 1. The van der Waals surface area contributed by atoms with E-state index in [0.717, 1.165) is 13.1 Å². The van der Waals surface area contributed by atoms with E-state index >= 15 is 0 Å². The van der Waals surface area contributed by atoms with Crippen LogP contribution in [0.25, 0.3) is 0 Å². The van der Waals surface area contributed by atoms with Gasteiger partial charge in [0, 0.05) is 17.5 Å². The van der Waals surface area contributed by atoms with Crippen molar-refractivity contribution in [1.29, 1.82) is 0 Å². The highest BCUT2D eigenvalue weighted by atomic mass is 32.1. The van der Waals surface area contributed by atoms with Crippen molar-refractivity contribution in [2.24, 2.45) is 11.7 Å². The maximum atomic E-state index is 6.00. The second kappa shape index (κ2) is 4.91. The normalized spacial score (nSPS) is 26.9. The Hall–Kier alpha value is -0.380. The largest absolute Gasteiger partial charge is 0.327 e. The Kier molecular flexibility index (Phi) is 3.56. The zero-order valence-electron chi connectivity index (χ0n) is 8.41. The van der Waals surface area contributed by atoms with Gasteiger partial charge in [0.05, 0.1) is 0 Å². The Morgan fingerprint density at radius 3 is 3.07 bits per heavy atom. The summed E-state index contributed by atoms with van der Waals surface area (Å²) in [6, 6.07) is 4.71. The molecule has 1 aliphatic carbocycles. The summed E-state index contributed by atoms with van der Waals surface area (Å²) >= 11 is 1.81. The molecule has 2 atom stereocenters. The second-order valence-electron chi connectivity index (χ2n) is 4.07. The Morgan fingerprint density at radius 2 is 2.43 bits per heavy atom. The van der Waals surface area contributed by atoms with Crippen LogP contribution in [0.1, 0.15) is 24.1 Å². The number of nitrogens with one attached hydrogen (secondary N) is 1. The molecule has 1 heterocycles. The number of rotatable bonds is 4. The van der Waals surface area contributed by atoms with Gasteiger partial charge in [0.2, 0.25) is 0 Å². The first-order valence-corrected chi connectivity index (χ1v) is 6.23. The van der Waals surface area contributed by atoms with Crippen LogP contribution in [0.2, 0.25) is 0 Å². The molecule has 1 aliphatic rings. The molecule has 0 bridgehead atoms.